The molecule has 1 aromatic carbocycles. The highest BCUT2D eigenvalue weighted by molar-refractivity contribution is 6.01. The molecule has 0 saturated heterocycles. The highest BCUT2D eigenvalue weighted by Gasteiger charge is 2.31. The van der Waals surface area contributed by atoms with E-state index in [9.17, 15) is 9.59 Å². The fraction of sp³-hybridized carbons (Fsp3) is 0.429. The Kier molecular flexibility index (Phi) is 2.28. The number of hydrogen-bond donors (Lipinski definition) is 0. The molecule has 0 amide bonds. The Bertz CT molecular complexity index is 516. The summed E-state index contributed by atoms with van der Waals surface area (Å²) in [4.78, 5) is 23.4. The summed E-state index contributed by atoms with van der Waals surface area (Å²) in [7, 11) is 0. The van der Waals surface area contributed by atoms with E-state index in [1.807, 2.05) is 19.1 Å². The summed E-state index contributed by atoms with van der Waals surface area (Å²) < 4.78 is 5.17. The van der Waals surface area contributed by atoms with Gasteiger partial charge in [-0.2, -0.15) is 0 Å². The monoisotopic (exact) mass is 230 g/mol. The van der Waals surface area contributed by atoms with Crippen LogP contribution in [-0.4, -0.2) is 11.8 Å². The molecular weight excluding hydrogens is 216 g/mol. The molecule has 0 spiro atoms. The number of aryl methyl sites for hydroxylation is 1. The van der Waals surface area contributed by atoms with E-state index in [1.54, 1.807) is 0 Å². The van der Waals surface area contributed by atoms with Gasteiger partial charge in [0.1, 0.15) is 6.61 Å². The van der Waals surface area contributed by atoms with Gasteiger partial charge in [-0.05, 0) is 35.6 Å². The number of ketones is 1. The van der Waals surface area contributed by atoms with E-state index in [1.165, 1.54) is 0 Å². The molecule has 0 saturated carbocycles. The Morgan fingerprint density at radius 3 is 2.82 bits per heavy atom. The second-order valence-corrected chi connectivity index (χ2v) is 4.70. The third-order valence-corrected chi connectivity index (χ3v) is 3.72. The number of ether oxygens (including phenoxy) is 1. The van der Waals surface area contributed by atoms with E-state index >= 15 is 0 Å². The Morgan fingerprint density at radius 1 is 1.24 bits per heavy atom. The fourth-order valence-corrected chi connectivity index (χ4v) is 2.77. The molecule has 3 rings (SSSR count). The lowest BCUT2D eigenvalue weighted by molar-refractivity contribution is -0.148. The number of Topliss-reactive ketones (excluding diaryl/α,β-unsaturated/α-hetero) is 1. The minimum Gasteiger partial charge on any atom is -0.460 e. The molecule has 1 aliphatic heterocycles. The zero-order valence-corrected chi connectivity index (χ0v) is 9.79. The van der Waals surface area contributed by atoms with E-state index < -0.39 is 0 Å². The van der Waals surface area contributed by atoms with Gasteiger partial charge in [0, 0.05) is 12.0 Å². The van der Waals surface area contributed by atoms with Crippen molar-refractivity contribution >= 4 is 11.8 Å². The molecule has 3 heteroatoms. The standard InChI is InChI=1S/C14H14O3/c1-2-10-11-6-12-8(3-4-13(12)15)5-9(11)7-17-14(10)16/h5-6,10H,2-4,7H2,1H3/t10-/m1/s1. The molecule has 0 radical (unpaired) electrons. The van der Waals surface area contributed by atoms with E-state index in [0.29, 0.717) is 13.0 Å². The Labute approximate surface area is 99.8 Å². The first kappa shape index (κ1) is 10.5. The van der Waals surface area contributed by atoms with E-state index in [-0.39, 0.29) is 17.7 Å². The molecule has 0 unspecified atom stereocenters. The predicted molar refractivity (Wildman–Crippen MR) is 61.9 cm³/mol. The molecule has 0 fully saturated rings. The van der Waals surface area contributed by atoms with Crippen molar-refractivity contribution < 1.29 is 14.3 Å². The third-order valence-electron chi connectivity index (χ3n) is 3.72. The molecule has 0 aromatic heterocycles. The van der Waals surface area contributed by atoms with E-state index in [2.05, 4.69) is 0 Å². The Morgan fingerprint density at radius 2 is 2.06 bits per heavy atom. The van der Waals surface area contributed by atoms with E-state index in [0.717, 1.165) is 35.1 Å². The average molecular weight is 230 g/mol. The van der Waals surface area contributed by atoms with Crippen molar-refractivity contribution in [2.45, 2.75) is 38.7 Å². The van der Waals surface area contributed by atoms with Crippen LogP contribution >= 0.6 is 0 Å². The van der Waals surface area contributed by atoms with Gasteiger partial charge < -0.3 is 4.74 Å². The van der Waals surface area contributed by atoms with Crippen molar-refractivity contribution in [2.24, 2.45) is 0 Å². The SMILES string of the molecule is CC[C@H]1C(=O)OCc2cc3c(cc21)C(=O)CC3. The molecular formula is C14H14O3. The summed E-state index contributed by atoms with van der Waals surface area (Å²) in [5.74, 6) is -0.153. The topological polar surface area (TPSA) is 43.4 Å². The smallest absolute Gasteiger partial charge is 0.313 e. The predicted octanol–water partition coefficient (Wildman–Crippen LogP) is 2.37. The van der Waals surface area contributed by atoms with Crippen LogP contribution in [0.4, 0.5) is 0 Å². The lowest BCUT2D eigenvalue weighted by Crippen LogP contribution is -2.23. The number of benzene rings is 1. The maximum absolute atomic E-state index is 11.7. The molecule has 0 N–H and O–H groups in total. The van der Waals surface area contributed by atoms with Gasteiger partial charge >= 0.3 is 5.97 Å². The van der Waals surface area contributed by atoms with Crippen LogP contribution in [0.15, 0.2) is 12.1 Å². The van der Waals surface area contributed by atoms with Crippen molar-refractivity contribution in [3.05, 3.63) is 34.4 Å². The first-order valence-corrected chi connectivity index (χ1v) is 6.06. The second kappa shape index (κ2) is 3.69. The van der Waals surface area contributed by atoms with Crippen molar-refractivity contribution in [2.75, 3.05) is 0 Å². The van der Waals surface area contributed by atoms with Gasteiger partial charge in [0.05, 0.1) is 5.92 Å². The van der Waals surface area contributed by atoms with Gasteiger partial charge in [0.15, 0.2) is 5.78 Å². The van der Waals surface area contributed by atoms with Crippen molar-refractivity contribution in [1.29, 1.82) is 0 Å². The first-order valence-electron chi connectivity index (χ1n) is 6.06. The van der Waals surface area contributed by atoms with Crippen LogP contribution in [0.25, 0.3) is 0 Å². The van der Waals surface area contributed by atoms with Gasteiger partial charge in [-0.15, -0.1) is 0 Å². The number of rotatable bonds is 1. The van der Waals surface area contributed by atoms with Crippen LogP contribution in [0.2, 0.25) is 0 Å². The maximum atomic E-state index is 11.7. The van der Waals surface area contributed by atoms with Gasteiger partial charge in [0.2, 0.25) is 0 Å². The summed E-state index contributed by atoms with van der Waals surface area (Å²) >= 11 is 0. The largest absolute Gasteiger partial charge is 0.460 e. The lowest BCUT2D eigenvalue weighted by atomic mass is 9.87. The summed E-state index contributed by atoms with van der Waals surface area (Å²) in [6, 6.07) is 3.97. The molecule has 1 heterocycles. The Hall–Kier alpha value is -1.64. The Balaban J connectivity index is 2.15. The molecule has 0 bridgehead atoms. The molecule has 2 aliphatic rings. The molecule has 1 aromatic rings. The molecule has 17 heavy (non-hydrogen) atoms. The van der Waals surface area contributed by atoms with Crippen LogP contribution < -0.4 is 0 Å². The number of carbonyl (C=O) groups excluding carboxylic acids is 2. The van der Waals surface area contributed by atoms with Gasteiger partial charge in [-0.25, -0.2) is 0 Å². The lowest BCUT2D eigenvalue weighted by Gasteiger charge is -2.24. The van der Waals surface area contributed by atoms with Gasteiger partial charge in [-0.3, -0.25) is 9.59 Å². The molecule has 3 nitrogen and oxygen atoms in total. The summed E-state index contributed by atoms with van der Waals surface area (Å²) in [6.45, 7) is 2.32. The van der Waals surface area contributed by atoms with Crippen molar-refractivity contribution in [1.82, 2.24) is 0 Å². The average Bonchev–Trinajstić information content (AvgIpc) is 2.68. The van der Waals surface area contributed by atoms with E-state index in [4.69, 9.17) is 4.74 Å². The van der Waals surface area contributed by atoms with Crippen LogP contribution in [0.1, 0.15) is 52.7 Å². The van der Waals surface area contributed by atoms with Crippen molar-refractivity contribution in [3.63, 3.8) is 0 Å². The first-order chi connectivity index (χ1) is 8.20. The van der Waals surface area contributed by atoms with Crippen LogP contribution in [-0.2, 0) is 22.6 Å². The minimum absolute atomic E-state index is 0.162. The van der Waals surface area contributed by atoms with Crippen molar-refractivity contribution in [3.8, 4) is 0 Å². The molecule has 1 atom stereocenters. The third kappa shape index (κ3) is 1.49. The summed E-state index contributed by atoms with van der Waals surface area (Å²) in [5.41, 5.74) is 4.00. The quantitative estimate of drug-likeness (QED) is 0.695. The number of carbonyl (C=O) groups is 2. The van der Waals surface area contributed by atoms with Crippen LogP contribution in [0.5, 0.6) is 0 Å². The number of fused-ring (bicyclic) bond motifs is 2. The second-order valence-electron chi connectivity index (χ2n) is 4.70. The number of esters is 1. The maximum Gasteiger partial charge on any atom is 0.313 e. The highest BCUT2D eigenvalue weighted by Crippen LogP contribution is 2.34. The fourth-order valence-electron chi connectivity index (χ4n) is 2.77. The number of hydrogen-bond acceptors (Lipinski definition) is 3. The van der Waals surface area contributed by atoms with Gasteiger partial charge in [-0.1, -0.05) is 13.0 Å². The molecule has 1 aliphatic carbocycles. The zero-order chi connectivity index (χ0) is 12.0. The highest BCUT2D eigenvalue weighted by atomic mass is 16.5. The van der Waals surface area contributed by atoms with Crippen LogP contribution in [0, 0.1) is 0 Å². The zero-order valence-electron chi connectivity index (χ0n) is 9.79. The minimum atomic E-state index is -0.197. The number of cyclic esters (lactones) is 1. The summed E-state index contributed by atoms with van der Waals surface area (Å²) in [5, 5.41) is 0. The summed E-state index contributed by atoms with van der Waals surface area (Å²) in [6.07, 6.45) is 2.15. The van der Waals surface area contributed by atoms with Gasteiger partial charge in [0.25, 0.3) is 0 Å². The normalized spacial score (nSPS) is 22.1. The van der Waals surface area contributed by atoms with Crippen LogP contribution in [0.3, 0.4) is 0 Å². The molecule has 88 valence electrons.